The zero-order valence-electron chi connectivity index (χ0n) is 10.7. The second kappa shape index (κ2) is 4.75. The first kappa shape index (κ1) is 12.9. The topological polar surface area (TPSA) is 92.9 Å². The lowest BCUT2D eigenvalue weighted by molar-refractivity contribution is -0.384. The summed E-state index contributed by atoms with van der Waals surface area (Å²) in [5.41, 5.74) is 1.62. The van der Waals surface area contributed by atoms with Gasteiger partial charge in [-0.3, -0.25) is 14.9 Å². The van der Waals surface area contributed by atoms with E-state index in [0.29, 0.717) is 26.2 Å². The van der Waals surface area contributed by atoms with Gasteiger partial charge in [0.25, 0.3) is 5.69 Å². The average Bonchev–Trinajstić information content (AvgIpc) is 2.45. The van der Waals surface area contributed by atoms with E-state index in [2.05, 4.69) is 0 Å². The molecule has 7 nitrogen and oxygen atoms in total. The molecule has 2 heterocycles. The number of benzene rings is 1. The van der Waals surface area contributed by atoms with Crippen LogP contribution in [-0.4, -0.2) is 41.8 Å². The minimum atomic E-state index is -0.886. The van der Waals surface area contributed by atoms with Crippen molar-refractivity contribution in [2.75, 3.05) is 24.7 Å². The van der Waals surface area contributed by atoms with Gasteiger partial charge in [-0.2, -0.15) is 0 Å². The van der Waals surface area contributed by atoms with E-state index in [-0.39, 0.29) is 11.7 Å². The molecule has 2 atom stereocenters. The Balaban J connectivity index is 2.04. The molecule has 0 spiro atoms. The number of fused-ring (bicyclic) bond motifs is 3. The molecule has 1 aromatic rings. The molecule has 0 aliphatic carbocycles. The Kier molecular flexibility index (Phi) is 3.06. The number of ether oxygens (including phenoxy) is 1. The van der Waals surface area contributed by atoms with Crippen molar-refractivity contribution >= 4 is 17.3 Å². The number of nitro groups is 1. The number of carboxylic acid groups (broad SMARTS) is 1. The van der Waals surface area contributed by atoms with Gasteiger partial charge in [-0.25, -0.2) is 0 Å². The Labute approximate surface area is 114 Å². The van der Waals surface area contributed by atoms with E-state index >= 15 is 0 Å². The van der Waals surface area contributed by atoms with Crippen LogP contribution < -0.4 is 4.90 Å². The monoisotopic (exact) mass is 278 g/mol. The van der Waals surface area contributed by atoms with Gasteiger partial charge in [-0.1, -0.05) is 0 Å². The van der Waals surface area contributed by atoms with Gasteiger partial charge in [0.2, 0.25) is 0 Å². The molecule has 1 saturated heterocycles. The Morgan fingerprint density at radius 3 is 3.00 bits per heavy atom. The SMILES string of the molecule is O=C(O)C1Cc2cc([N+](=O)[O-])ccc2N2CCOC[C@H]12. The van der Waals surface area contributed by atoms with Gasteiger partial charge in [-0.05, 0) is 18.1 Å². The molecule has 1 aromatic carbocycles. The lowest BCUT2D eigenvalue weighted by atomic mass is 9.85. The van der Waals surface area contributed by atoms with Crippen LogP contribution in [0.3, 0.4) is 0 Å². The Morgan fingerprint density at radius 1 is 1.50 bits per heavy atom. The third-order valence-electron chi connectivity index (χ3n) is 3.97. The first-order valence-corrected chi connectivity index (χ1v) is 6.42. The van der Waals surface area contributed by atoms with Crippen molar-refractivity contribution in [1.29, 1.82) is 0 Å². The predicted octanol–water partition coefficient (Wildman–Crippen LogP) is 1.06. The summed E-state index contributed by atoms with van der Waals surface area (Å²) in [4.78, 5) is 23.8. The molecule has 1 N–H and O–H groups in total. The number of carboxylic acids is 1. The molecule has 7 heteroatoms. The van der Waals surface area contributed by atoms with Crippen LogP contribution in [0.2, 0.25) is 0 Å². The molecular formula is C13H14N2O5. The fourth-order valence-corrected chi connectivity index (χ4v) is 3.01. The quantitative estimate of drug-likeness (QED) is 0.642. The largest absolute Gasteiger partial charge is 0.481 e. The summed E-state index contributed by atoms with van der Waals surface area (Å²) in [6, 6.07) is 4.46. The Morgan fingerprint density at radius 2 is 2.30 bits per heavy atom. The van der Waals surface area contributed by atoms with E-state index in [1.165, 1.54) is 12.1 Å². The number of rotatable bonds is 2. The summed E-state index contributed by atoms with van der Waals surface area (Å²) in [6.45, 7) is 1.53. The number of carbonyl (C=O) groups is 1. The number of nitrogens with zero attached hydrogens (tertiary/aromatic N) is 2. The molecular weight excluding hydrogens is 264 g/mol. The van der Waals surface area contributed by atoms with Gasteiger partial charge in [0.1, 0.15) is 0 Å². The van der Waals surface area contributed by atoms with E-state index in [1.54, 1.807) is 6.07 Å². The van der Waals surface area contributed by atoms with Crippen LogP contribution in [-0.2, 0) is 16.0 Å². The summed E-state index contributed by atoms with van der Waals surface area (Å²) in [5.74, 6) is -1.48. The maximum Gasteiger partial charge on any atom is 0.309 e. The molecule has 1 fully saturated rings. The first-order chi connectivity index (χ1) is 9.58. The summed E-state index contributed by atoms with van der Waals surface area (Å²) in [6.07, 6.45) is 0.302. The molecule has 3 rings (SSSR count). The van der Waals surface area contributed by atoms with Crippen LogP contribution in [0.25, 0.3) is 0 Å². The minimum Gasteiger partial charge on any atom is -0.481 e. The predicted molar refractivity (Wildman–Crippen MR) is 69.9 cm³/mol. The highest BCUT2D eigenvalue weighted by molar-refractivity contribution is 5.75. The maximum atomic E-state index is 11.4. The van der Waals surface area contributed by atoms with E-state index in [9.17, 15) is 20.0 Å². The first-order valence-electron chi connectivity index (χ1n) is 6.42. The summed E-state index contributed by atoms with van der Waals surface area (Å²) in [5, 5.41) is 20.2. The van der Waals surface area contributed by atoms with Crippen LogP contribution >= 0.6 is 0 Å². The molecule has 0 amide bonds. The Bertz CT molecular complexity index is 574. The van der Waals surface area contributed by atoms with Crippen LogP contribution in [0.1, 0.15) is 5.56 Å². The van der Waals surface area contributed by atoms with E-state index < -0.39 is 16.8 Å². The van der Waals surface area contributed by atoms with Crippen molar-refractivity contribution in [3.8, 4) is 0 Å². The highest BCUT2D eigenvalue weighted by Gasteiger charge is 2.40. The van der Waals surface area contributed by atoms with Gasteiger partial charge in [0.05, 0.1) is 30.1 Å². The van der Waals surface area contributed by atoms with Gasteiger partial charge in [-0.15, -0.1) is 0 Å². The number of morpholine rings is 1. The number of hydrogen-bond acceptors (Lipinski definition) is 5. The molecule has 1 unspecified atom stereocenters. The highest BCUT2D eigenvalue weighted by atomic mass is 16.6. The van der Waals surface area contributed by atoms with Crippen molar-refractivity contribution in [2.24, 2.45) is 5.92 Å². The normalized spacial score (nSPS) is 24.7. The molecule has 0 saturated carbocycles. The molecule has 0 aromatic heterocycles. The van der Waals surface area contributed by atoms with Crippen molar-refractivity contribution in [1.82, 2.24) is 0 Å². The van der Waals surface area contributed by atoms with Crippen molar-refractivity contribution in [2.45, 2.75) is 12.5 Å². The molecule has 106 valence electrons. The number of hydrogen-bond donors (Lipinski definition) is 1. The maximum absolute atomic E-state index is 11.4. The van der Waals surface area contributed by atoms with Crippen molar-refractivity contribution < 1.29 is 19.6 Å². The molecule has 20 heavy (non-hydrogen) atoms. The van der Waals surface area contributed by atoms with Gasteiger partial charge >= 0.3 is 5.97 Å². The third-order valence-corrected chi connectivity index (χ3v) is 3.97. The molecule has 0 bridgehead atoms. The lowest BCUT2D eigenvalue weighted by Crippen LogP contribution is -2.54. The number of aliphatic carboxylic acids is 1. The zero-order chi connectivity index (χ0) is 14.3. The van der Waals surface area contributed by atoms with E-state index in [0.717, 1.165) is 11.3 Å². The smallest absolute Gasteiger partial charge is 0.309 e. The molecule has 0 radical (unpaired) electrons. The van der Waals surface area contributed by atoms with Gasteiger partial charge in [0, 0.05) is 24.4 Å². The van der Waals surface area contributed by atoms with E-state index in [4.69, 9.17) is 4.74 Å². The van der Waals surface area contributed by atoms with Crippen molar-refractivity contribution in [3.63, 3.8) is 0 Å². The zero-order valence-corrected chi connectivity index (χ0v) is 10.7. The number of non-ortho nitro benzene ring substituents is 1. The summed E-state index contributed by atoms with van der Waals surface area (Å²) in [7, 11) is 0. The van der Waals surface area contributed by atoms with E-state index in [1.807, 2.05) is 4.90 Å². The number of anilines is 1. The third kappa shape index (κ3) is 2.00. The standard InChI is InChI=1S/C13H14N2O5/c16-13(17)10-6-8-5-9(15(18)19)1-2-11(8)14-3-4-20-7-12(10)14/h1-2,5,10,12H,3-4,6-7H2,(H,16,17)/t10?,12-/m1/s1. The average molecular weight is 278 g/mol. The van der Waals surface area contributed by atoms with Crippen LogP contribution in [0.4, 0.5) is 11.4 Å². The lowest BCUT2D eigenvalue weighted by Gasteiger charge is -2.44. The van der Waals surface area contributed by atoms with Gasteiger partial charge in [0.15, 0.2) is 0 Å². The fourth-order valence-electron chi connectivity index (χ4n) is 3.01. The Hall–Kier alpha value is -2.15. The number of nitro benzene ring substituents is 1. The van der Waals surface area contributed by atoms with Crippen LogP contribution in [0, 0.1) is 16.0 Å². The van der Waals surface area contributed by atoms with Crippen molar-refractivity contribution in [3.05, 3.63) is 33.9 Å². The van der Waals surface area contributed by atoms with Crippen LogP contribution in [0.5, 0.6) is 0 Å². The summed E-state index contributed by atoms with van der Waals surface area (Å²) < 4.78 is 5.38. The second-order valence-electron chi connectivity index (χ2n) is 5.05. The molecule has 2 aliphatic rings. The fraction of sp³-hybridized carbons (Fsp3) is 0.462. The minimum absolute atomic E-state index is 0.000372. The summed E-state index contributed by atoms with van der Waals surface area (Å²) >= 11 is 0. The highest BCUT2D eigenvalue weighted by Crippen LogP contribution is 2.37. The van der Waals surface area contributed by atoms with Crippen LogP contribution in [0.15, 0.2) is 18.2 Å². The second-order valence-corrected chi connectivity index (χ2v) is 5.05. The molecule has 2 aliphatic heterocycles. The van der Waals surface area contributed by atoms with Gasteiger partial charge < -0.3 is 14.7 Å².